The molecule has 0 spiro atoms. The van der Waals surface area contributed by atoms with Gasteiger partial charge in [0.2, 0.25) is 10.0 Å². The number of benzene rings is 1. The number of hydrogen-bond donors (Lipinski definition) is 1. The summed E-state index contributed by atoms with van der Waals surface area (Å²) in [5, 5.41) is 10.6. The molecule has 0 fully saturated rings. The number of nitrogens with one attached hydrogen (secondary N) is 1. The van der Waals surface area contributed by atoms with E-state index in [1.54, 1.807) is 0 Å². The number of sulfonamides is 1. The molecule has 0 aliphatic carbocycles. The average Bonchev–Trinajstić information content (AvgIpc) is 2.39. The highest BCUT2D eigenvalue weighted by Gasteiger charge is 2.21. The lowest BCUT2D eigenvalue weighted by Crippen LogP contribution is -2.34. The molecule has 0 amide bonds. The molecule has 0 heterocycles. The molecule has 1 N–H and O–H groups in total. The van der Waals surface area contributed by atoms with Gasteiger partial charge in [-0.3, -0.25) is 10.1 Å². The van der Waals surface area contributed by atoms with E-state index in [1.807, 2.05) is 0 Å². The van der Waals surface area contributed by atoms with Crippen LogP contribution in [0.1, 0.15) is 0 Å². The molecule has 0 unspecified atom stereocenters. The monoisotopic (exact) mass is 324 g/mol. The molecule has 1 aromatic carbocycles. The van der Waals surface area contributed by atoms with Crippen molar-refractivity contribution in [3.63, 3.8) is 0 Å². The number of nitro benzene ring substituents is 1. The van der Waals surface area contributed by atoms with Gasteiger partial charge in [-0.2, -0.15) is 0 Å². The molecule has 0 aliphatic rings. The van der Waals surface area contributed by atoms with Crippen LogP contribution in [-0.4, -0.2) is 40.4 Å². The summed E-state index contributed by atoms with van der Waals surface area (Å²) < 4.78 is 35.8. The fourth-order valence-electron chi connectivity index (χ4n) is 1.32. The summed E-state index contributed by atoms with van der Waals surface area (Å²) in [7, 11) is -1.21. The maximum absolute atomic E-state index is 12.0. The van der Waals surface area contributed by atoms with Crippen molar-refractivity contribution >= 4 is 27.3 Å². The second-order valence-corrected chi connectivity index (χ2v) is 5.80. The number of hydrogen-bond acceptors (Lipinski definition) is 6. The van der Waals surface area contributed by atoms with Crippen LogP contribution in [0.5, 0.6) is 0 Å². The first-order chi connectivity index (χ1) is 9.31. The van der Waals surface area contributed by atoms with Gasteiger partial charge in [-0.05, 0) is 12.1 Å². The Bertz CT molecular complexity index is 587. The standard InChI is InChI=1S/C10H13ClN2O6S/c1-18-10(19-2)6-12-20(16,17)7-3-4-8(11)9(5-7)13(14)15/h3-5,10,12H,6H2,1-2H3. The van der Waals surface area contributed by atoms with E-state index in [1.165, 1.54) is 20.3 Å². The first-order valence-electron chi connectivity index (χ1n) is 5.31. The van der Waals surface area contributed by atoms with E-state index in [0.29, 0.717) is 0 Å². The van der Waals surface area contributed by atoms with Gasteiger partial charge in [0.1, 0.15) is 5.02 Å². The summed E-state index contributed by atoms with van der Waals surface area (Å²) in [5.41, 5.74) is -0.482. The fraction of sp³-hybridized carbons (Fsp3) is 0.400. The average molecular weight is 325 g/mol. The molecule has 112 valence electrons. The van der Waals surface area contributed by atoms with Crippen molar-refractivity contribution in [3.05, 3.63) is 33.3 Å². The minimum Gasteiger partial charge on any atom is -0.355 e. The molecule has 20 heavy (non-hydrogen) atoms. The molecular formula is C10H13ClN2O6S. The highest BCUT2D eigenvalue weighted by atomic mass is 35.5. The summed E-state index contributed by atoms with van der Waals surface area (Å²) in [5.74, 6) is 0. The largest absolute Gasteiger partial charge is 0.355 e. The number of nitrogens with zero attached hydrogens (tertiary/aromatic N) is 1. The predicted molar refractivity (Wildman–Crippen MR) is 71.1 cm³/mol. The SMILES string of the molecule is COC(CNS(=O)(=O)c1ccc(Cl)c([N+](=O)[O-])c1)OC. The molecule has 10 heteroatoms. The summed E-state index contributed by atoms with van der Waals surface area (Å²) >= 11 is 5.62. The van der Waals surface area contributed by atoms with Crippen LogP contribution in [0, 0.1) is 10.1 Å². The molecule has 0 aliphatic heterocycles. The lowest BCUT2D eigenvalue weighted by molar-refractivity contribution is -0.384. The lowest BCUT2D eigenvalue weighted by atomic mass is 10.3. The van der Waals surface area contributed by atoms with Crippen LogP contribution in [0.15, 0.2) is 23.1 Å². The van der Waals surface area contributed by atoms with Crippen LogP contribution in [0.3, 0.4) is 0 Å². The quantitative estimate of drug-likeness (QED) is 0.458. The Hall–Kier alpha value is -1.26. The first kappa shape index (κ1) is 16.8. The van der Waals surface area contributed by atoms with Crippen molar-refractivity contribution in [2.45, 2.75) is 11.2 Å². The molecule has 0 radical (unpaired) electrons. The number of ether oxygens (including phenoxy) is 2. The molecule has 0 bridgehead atoms. The Morgan fingerprint density at radius 2 is 2.00 bits per heavy atom. The highest BCUT2D eigenvalue weighted by Crippen LogP contribution is 2.26. The van der Waals surface area contributed by atoms with Gasteiger partial charge in [-0.15, -0.1) is 0 Å². The van der Waals surface area contributed by atoms with E-state index >= 15 is 0 Å². The Kier molecular flexibility index (Phi) is 5.84. The first-order valence-corrected chi connectivity index (χ1v) is 7.17. The van der Waals surface area contributed by atoms with E-state index in [2.05, 4.69) is 4.72 Å². The lowest BCUT2D eigenvalue weighted by Gasteiger charge is -2.14. The normalized spacial score (nSPS) is 11.8. The van der Waals surface area contributed by atoms with Crippen molar-refractivity contribution in [2.75, 3.05) is 20.8 Å². The number of nitro groups is 1. The maximum Gasteiger partial charge on any atom is 0.289 e. The van der Waals surface area contributed by atoms with Crippen LogP contribution < -0.4 is 4.72 Å². The molecule has 0 aromatic heterocycles. The zero-order valence-electron chi connectivity index (χ0n) is 10.7. The van der Waals surface area contributed by atoms with E-state index in [4.69, 9.17) is 21.1 Å². The summed E-state index contributed by atoms with van der Waals surface area (Å²) in [6.45, 7) is -0.133. The van der Waals surface area contributed by atoms with Gasteiger partial charge in [0.05, 0.1) is 16.4 Å². The second kappa shape index (κ2) is 6.95. The van der Waals surface area contributed by atoms with Gasteiger partial charge >= 0.3 is 0 Å². The van der Waals surface area contributed by atoms with E-state index in [-0.39, 0.29) is 16.5 Å². The summed E-state index contributed by atoms with van der Waals surface area (Å²) in [6, 6.07) is 3.21. The third kappa shape index (κ3) is 4.12. The third-order valence-electron chi connectivity index (χ3n) is 2.39. The smallest absolute Gasteiger partial charge is 0.289 e. The van der Waals surface area contributed by atoms with Gasteiger partial charge in [0, 0.05) is 20.3 Å². The number of rotatable bonds is 7. The minimum atomic E-state index is -3.92. The van der Waals surface area contributed by atoms with E-state index < -0.39 is 26.9 Å². The molecule has 0 saturated heterocycles. The van der Waals surface area contributed by atoms with E-state index in [9.17, 15) is 18.5 Å². The fourth-order valence-corrected chi connectivity index (χ4v) is 2.55. The van der Waals surface area contributed by atoms with Crippen molar-refractivity contribution in [1.29, 1.82) is 0 Å². The minimum absolute atomic E-state index is 0.133. The second-order valence-electron chi connectivity index (χ2n) is 3.62. The molecule has 8 nitrogen and oxygen atoms in total. The molecule has 0 atom stereocenters. The zero-order chi connectivity index (χ0) is 15.3. The van der Waals surface area contributed by atoms with Gasteiger partial charge < -0.3 is 9.47 Å². The van der Waals surface area contributed by atoms with E-state index in [0.717, 1.165) is 12.1 Å². The summed E-state index contributed by atoms with van der Waals surface area (Å²) in [6.07, 6.45) is -0.757. The van der Waals surface area contributed by atoms with Gasteiger partial charge in [-0.25, -0.2) is 13.1 Å². The predicted octanol–water partition coefficient (Wildman–Crippen LogP) is 1.15. The van der Waals surface area contributed by atoms with Crippen LogP contribution in [0.4, 0.5) is 5.69 Å². The van der Waals surface area contributed by atoms with Crippen LogP contribution in [0.25, 0.3) is 0 Å². The maximum atomic E-state index is 12.0. The molecular weight excluding hydrogens is 312 g/mol. The Labute approximate surface area is 120 Å². The summed E-state index contributed by atoms with van der Waals surface area (Å²) in [4.78, 5) is 9.71. The Morgan fingerprint density at radius 3 is 2.50 bits per heavy atom. The van der Waals surface area contributed by atoms with Gasteiger partial charge in [-0.1, -0.05) is 11.6 Å². The van der Waals surface area contributed by atoms with Crippen LogP contribution >= 0.6 is 11.6 Å². The number of halogens is 1. The topological polar surface area (TPSA) is 108 Å². The van der Waals surface area contributed by atoms with Crippen molar-refractivity contribution in [2.24, 2.45) is 0 Å². The van der Waals surface area contributed by atoms with Crippen molar-refractivity contribution < 1.29 is 22.8 Å². The number of methoxy groups -OCH3 is 2. The third-order valence-corrected chi connectivity index (χ3v) is 4.13. The van der Waals surface area contributed by atoms with Crippen molar-refractivity contribution in [3.8, 4) is 0 Å². The molecule has 1 aromatic rings. The Morgan fingerprint density at radius 1 is 1.40 bits per heavy atom. The van der Waals surface area contributed by atoms with Gasteiger partial charge in [0.15, 0.2) is 6.29 Å². The molecule has 1 rings (SSSR count). The van der Waals surface area contributed by atoms with Gasteiger partial charge in [0.25, 0.3) is 5.69 Å². The Balaban J connectivity index is 2.98. The highest BCUT2D eigenvalue weighted by molar-refractivity contribution is 7.89. The van der Waals surface area contributed by atoms with Crippen LogP contribution in [0.2, 0.25) is 5.02 Å². The zero-order valence-corrected chi connectivity index (χ0v) is 12.3. The van der Waals surface area contributed by atoms with Crippen molar-refractivity contribution in [1.82, 2.24) is 4.72 Å². The molecule has 0 saturated carbocycles. The van der Waals surface area contributed by atoms with Crippen LogP contribution in [-0.2, 0) is 19.5 Å².